The Hall–Kier alpha value is -2.24. The summed E-state index contributed by atoms with van der Waals surface area (Å²) in [6.45, 7) is 2.25. The first-order valence-corrected chi connectivity index (χ1v) is 5.70. The lowest BCUT2D eigenvalue weighted by molar-refractivity contribution is -0.121. The number of anilines is 1. The molecule has 2 aromatic heterocycles. The van der Waals surface area contributed by atoms with Gasteiger partial charge in [0.05, 0.1) is 30.5 Å². The number of rotatable bonds is 5. The topological polar surface area (TPSA) is 72.1 Å². The highest BCUT2D eigenvalue weighted by Crippen LogP contribution is 2.18. The van der Waals surface area contributed by atoms with Gasteiger partial charge in [-0.05, 0) is 13.0 Å². The first kappa shape index (κ1) is 12.2. The molecule has 0 bridgehead atoms. The fraction of sp³-hybridized carbons (Fsp3) is 0.333. The molecule has 6 nitrogen and oxygen atoms in total. The van der Waals surface area contributed by atoms with Crippen LogP contribution < -0.4 is 10.6 Å². The summed E-state index contributed by atoms with van der Waals surface area (Å²) >= 11 is 0. The van der Waals surface area contributed by atoms with Crippen molar-refractivity contribution in [1.82, 2.24) is 15.1 Å². The van der Waals surface area contributed by atoms with Gasteiger partial charge in [-0.3, -0.25) is 9.48 Å². The fourth-order valence-electron chi connectivity index (χ4n) is 1.61. The number of amides is 1. The number of furan rings is 1. The zero-order chi connectivity index (χ0) is 13.0. The third-order valence-corrected chi connectivity index (χ3v) is 2.64. The van der Waals surface area contributed by atoms with Gasteiger partial charge < -0.3 is 15.1 Å². The summed E-state index contributed by atoms with van der Waals surface area (Å²) in [6.07, 6.45) is 6.83. The maximum Gasteiger partial charge on any atom is 0.241 e. The van der Waals surface area contributed by atoms with Crippen molar-refractivity contribution in [2.45, 2.75) is 19.5 Å². The Morgan fingerprint density at radius 1 is 1.61 bits per heavy atom. The van der Waals surface area contributed by atoms with E-state index in [9.17, 15) is 4.79 Å². The molecule has 0 saturated carbocycles. The molecule has 6 heteroatoms. The number of carbonyl (C=O) groups is 1. The average molecular weight is 248 g/mol. The van der Waals surface area contributed by atoms with Crippen molar-refractivity contribution in [2.75, 3.05) is 12.4 Å². The summed E-state index contributed by atoms with van der Waals surface area (Å²) in [4.78, 5) is 11.2. The zero-order valence-electron chi connectivity index (χ0n) is 10.4. The Morgan fingerprint density at radius 2 is 2.44 bits per heavy atom. The smallest absolute Gasteiger partial charge is 0.241 e. The molecular formula is C12H16N4O2. The molecule has 2 N–H and O–H groups in total. The van der Waals surface area contributed by atoms with Gasteiger partial charge in [-0.25, -0.2) is 0 Å². The summed E-state index contributed by atoms with van der Waals surface area (Å²) in [5.74, 6) is -0.0764. The van der Waals surface area contributed by atoms with E-state index in [2.05, 4.69) is 15.7 Å². The Labute approximate surface area is 105 Å². The van der Waals surface area contributed by atoms with Crippen LogP contribution in [0.15, 0.2) is 35.4 Å². The molecule has 0 aromatic carbocycles. The Morgan fingerprint density at radius 3 is 3.11 bits per heavy atom. The Bertz CT molecular complexity index is 504. The van der Waals surface area contributed by atoms with Gasteiger partial charge in [-0.1, -0.05) is 0 Å². The molecule has 0 aliphatic rings. The molecule has 0 aliphatic carbocycles. The molecule has 2 aromatic rings. The molecule has 1 unspecified atom stereocenters. The number of likely N-dealkylation sites (N-methyl/N-ethyl adjacent to an activating group) is 1. The van der Waals surface area contributed by atoms with Crippen LogP contribution in [0.25, 0.3) is 0 Å². The second-order valence-electron chi connectivity index (χ2n) is 4.02. The summed E-state index contributed by atoms with van der Waals surface area (Å²) in [5, 5.41) is 9.94. The van der Waals surface area contributed by atoms with E-state index in [-0.39, 0.29) is 18.5 Å². The van der Waals surface area contributed by atoms with E-state index in [0.717, 1.165) is 11.3 Å². The van der Waals surface area contributed by atoms with Crippen molar-refractivity contribution < 1.29 is 9.21 Å². The molecule has 2 heterocycles. The highest BCUT2D eigenvalue weighted by atomic mass is 16.3. The fourth-order valence-corrected chi connectivity index (χ4v) is 1.61. The summed E-state index contributed by atoms with van der Waals surface area (Å²) in [5.41, 5.74) is 1.93. The normalized spacial score (nSPS) is 12.1. The summed E-state index contributed by atoms with van der Waals surface area (Å²) in [7, 11) is 1.60. The van der Waals surface area contributed by atoms with Crippen LogP contribution in [-0.4, -0.2) is 22.7 Å². The van der Waals surface area contributed by atoms with Crippen molar-refractivity contribution in [3.8, 4) is 0 Å². The minimum atomic E-state index is -0.0764. The Kier molecular flexibility index (Phi) is 3.66. The van der Waals surface area contributed by atoms with Crippen LogP contribution in [0.5, 0.6) is 0 Å². The first-order chi connectivity index (χ1) is 8.69. The number of aromatic nitrogens is 2. The molecule has 0 fully saturated rings. The van der Waals surface area contributed by atoms with Crippen LogP contribution in [0.3, 0.4) is 0 Å². The minimum Gasteiger partial charge on any atom is -0.472 e. The molecule has 0 saturated heterocycles. The molecule has 18 heavy (non-hydrogen) atoms. The molecule has 1 amide bonds. The van der Waals surface area contributed by atoms with Crippen LogP contribution in [-0.2, 0) is 11.3 Å². The predicted octanol–water partition coefficient (Wildman–Crippen LogP) is 1.40. The van der Waals surface area contributed by atoms with E-state index in [1.54, 1.807) is 36.6 Å². The van der Waals surface area contributed by atoms with Crippen molar-refractivity contribution in [2.24, 2.45) is 0 Å². The number of hydrogen-bond donors (Lipinski definition) is 2. The SMILES string of the molecule is CNC(=O)Cn1cc(NC(C)c2ccoc2)cn1. The van der Waals surface area contributed by atoms with Crippen LogP contribution in [0.1, 0.15) is 18.5 Å². The van der Waals surface area contributed by atoms with Crippen LogP contribution in [0.2, 0.25) is 0 Å². The molecule has 0 radical (unpaired) electrons. The molecule has 0 aliphatic heterocycles. The second kappa shape index (κ2) is 5.39. The van der Waals surface area contributed by atoms with E-state index in [4.69, 9.17) is 4.42 Å². The molecular weight excluding hydrogens is 232 g/mol. The van der Waals surface area contributed by atoms with Gasteiger partial charge >= 0.3 is 0 Å². The van der Waals surface area contributed by atoms with E-state index < -0.39 is 0 Å². The van der Waals surface area contributed by atoms with Crippen LogP contribution in [0.4, 0.5) is 5.69 Å². The third-order valence-electron chi connectivity index (χ3n) is 2.64. The summed E-state index contributed by atoms with van der Waals surface area (Å²) in [6, 6.07) is 2.04. The molecule has 0 spiro atoms. The third kappa shape index (κ3) is 2.91. The van der Waals surface area contributed by atoms with Crippen molar-refractivity contribution in [3.05, 3.63) is 36.5 Å². The van der Waals surface area contributed by atoms with Gasteiger partial charge in [-0.2, -0.15) is 5.10 Å². The standard InChI is InChI=1S/C12H16N4O2/c1-9(10-3-4-18-8-10)15-11-5-14-16(6-11)7-12(17)13-2/h3-6,8-9,15H,7H2,1-2H3,(H,13,17). The molecule has 1 atom stereocenters. The highest BCUT2D eigenvalue weighted by molar-refractivity contribution is 5.75. The number of hydrogen-bond acceptors (Lipinski definition) is 4. The van der Waals surface area contributed by atoms with Crippen molar-refractivity contribution in [1.29, 1.82) is 0 Å². The minimum absolute atomic E-state index is 0.0764. The number of nitrogens with one attached hydrogen (secondary N) is 2. The summed E-state index contributed by atoms with van der Waals surface area (Å²) < 4.78 is 6.62. The average Bonchev–Trinajstić information content (AvgIpc) is 3.00. The maximum atomic E-state index is 11.2. The number of nitrogens with zero attached hydrogens (tertiary/aromatic N) is 2. The predicted molar refractivity (Wildman–Crippen MR) is 67.0 cm³/mol. The van der Waals surface area contributed by atoms with Gasteiger partial charge in [0, 0.05) is 18.8 Å². The lowest BCUT2D eigenvalue weighted by Gasteiger charge is -2.10. The largest absolute Gasteiger partial charge is 0.472 e. The Balaban J connectivity index is 1.96. The van der Waals surface area contributed by atoms with Gasteiger partial charge in [0.2, 0.25) is 5.91 Å². The molecule has 96 valence electrons. The zero-order valence-corrected chi connectivity index (χ0v) is 10.4. The lowest BCUT2D eigenvalue weighted by atomic mass is 10.2. The quantitative estimate of drug-likeness (QED) is 0.838. The van der Waals surface area contributed by atoms with Crippen molar-refractivity contribution >= 4 is 11.6 Å². The van der Waals surface area contributed by atoms with Crippen LogP contribution >= 0.6 is 0 Å². The van der Waals surface area contributed by atoms with E-state index in [1.165, 1.54) is 0 Å². The van der Waals surface area contributed by atoms with E-state index in [0.29, 0.717) is 0 Å². The maximum absolute atomic E-state index is 11.2. The van der Waals surface area contributed by atoms with Crippen molar-refractivity contribution in [3.63, 3.8) is 0 Å². The van der Waals surface area contributed by atoms with Gasteiger partial charge in [0.15, 0.2) is 0 Å². The van der Waals surface area contributed by atoms with E-state index >= 15 is 0 Å². The van der Waals surface area contributed by atoms with Gasteiger partial charge in [0.1, 0.15) is 6.54 Å². The second-order valence-corrected chi connectivity index (χ2v) is 4.02. The lowest BCUT2D eigenvalue weighted by Crippen LogP contribution is -2.23. The first-order valence-electron chi connectivity index (χ1n) is 5.70. The number of carbonyl (C=O) groups excluding carboxylic acids is 1. The van der Waals surface area contributed by atoms with E-state index in [1.807, 2.05) is 13.0 Å². The van der Waals surface area contributed by atoms with Gasteiger partial charge in [0.25, 0.3) is 0 Å². The van der Waals surface area contributed by atoms with Crippen LogP contribution in [0, 0.1) is 0 Å². The molecule has 2 rings (SSSR count). The highest BCUT2D eigenvalue weighted by Gasteiger charge is 2.08. The monoisotopic (exact) mass is 248 g/mol. The van der Waals surface area contributed by atoms with Gasteiger partial charge in [-0.15, -0.1) is 0 Å².